The van der Waals surface area contributed by atoms with E-state index in [-0.39, 0.29) is 11.1 Å². The van der Waals surface area contributed by atoms with E-state index in [9.17, 15) is 0 Å². The molecule has 0 unspecified atom stereocenters. The summed E-state index contributed by atoms with van der Waals surface area (Å²) >= 11 is 0. The molecule has 3 rings (SSSR count). The van der Waals surface area contributed by atoms with Gasteiger partial charge in [0, 0.05) is 17.1 Å². The van der Waals surface area contributed by atoms with Crippen LogP contribution >= 0.6 is 0 Å². The lowest BCUT2D eigenvalue weighted by molar-refractivity contribution is 0.170. The Morgan fingerprint density at radius 2 is 1.75 bits per heavy atom. The molecule has 0 aliphatic carbocycles. The first kappa shape index (κ1) is 13.4. The van der Waals surface area contributed by atoms with E-state index in [0.29, 0.717) is 6.04 Å². The highest BCUT2D eigenvalue weighted by Crippen LogP contribution is 2.30. The summed E-state index contributed by atoms with van der Waals surface area (Å²) in [6.07, 6.45) is 2.18. The third kappa shape index (κ3) is 2.80. The average Bonchev–Trinajstić information content (AvgIpc) is 2.66. The van der Waals surface area contributed by atoms with Crippen LogP contribution in [0.3, 0.4) is 0 Å². The number of hydrogen-bond donors (Lipinski definition) is 3. The predicted octanol–water partition coefficient (Wildman–Crippen LogP) is 3.28. The SMILES string of the molecule is CC1(C)CC(Nc2nc3ccccc3[nH]2)CC(C)(C)N1. The molecule has 0 radical (unpaired) electrons. The van der Waals surface area contributed by atoms with Crippen molar-refractivity contribution >= 4 is 17.0 Å². The molecule has 1 aliphatic heterocycles. The highest BCUT2D eigenvalue weighted by molar-refractivity contribution is 5.77. The summed E-state index contributed by atoms with van der Waals surface area (Å²) in [4.78, 5) is 7.97. The van der Waals surface area contributed by atoms with Gasteiger partial charge in [-0.25, -0.2) is 4.98 Å². The maximum absolute atomic E-state index is 4.62. The Kier molecular flexibility index (Phi) is 3.01. The second-order valence-corrected chi connectivity index (χ2v) is 7.24. The average molecular weight is 272 g/mol. The normalized spacial score (nSPS) is 22.0. The van der Waals surface area contributed by atoms with E-state index in [0.717, 1.165) is 29.8 Å². The van der Waals surface area contributed by atoms with Crippen molar-refractivity contribution in [2.45, 2.75) is 57.7 Å². The van der Waals surface area contributed by atoms with Crippen LogP contribution in [0.25, 0.3) is 11.0 Å². The number of benzene rings is 1. The van der Waals surface area contributed by atoms with Gasteiger partial charge in [-0.15, -0.1) is 0 Å². The summed E-state index contributed by atoms with van der Waals surface area (Å²) in [5.41, 5.74) is 2.39. The van der Waals surface area contributed by atoms with Crippen molar-refractivity contribution in [1.82, 2.24) is 15.3 Å². The van der Waals surface area contributed by atoms with E-state index < -0.39 is 0 Å². The van der Waals surface area contributed by atoms with E-state index in [1.807, 2.05) is 18.2 Å². The molecule has 1 saturated heterocycles. The van der Waals surface area contributed by atoms with Gasteiger partial charge in [0.15, 0.2) is 0 Å². The fraction of sp³-hybridized carbons (Fsp3) is 0.562. The summed E-state index contributed by atoms with van der Waals surface area (Å²) in [6.45, 7) is 9.06. The number of hydrogen-bond acceptors (Lipinski definition) is 3. The Bertz CT molecular complexity index is 563. The zero-order valence-electron chi connectivity index (χ0n) is 12.7. The molecule has 4 heteroatoms. The van der Waals surface area contributed by atoms with Gasteiger partial charge >= 0.3 is 0 Å². The number of anilines is 1. The van der Waals surface area contributed by atoms with Crippen LogP contribution in [0.2, 0.25) is 0 Å². The number of nitrogens with one attached hydrogen (secondary N) is 3. The van der Waals surface area contributed by atoms with Gasteiger partial charge in [-0.2, -0.15) is 0 Å². The number of aromatic nitrogens is 2. The molecule has 0 bridgehead atoms. The summed E-state index contributed by atoms with van der Waals surface area (Å²) in [6, 6.07) is 8.57. The van der Waals surface area contributed by atoms with Gasteiger partial charge in [-0.3, -0.25) is 0 Å². The maximum atomic E-state index is 4.62. The van der Waals surface area contributed by atoms with Crippen LogP contribution in [-0.4, -0.2) is 27.1 Å². The monoisotopic (exact) mass is 272 g/mol. The van der Waals surface area contributed by atoms with Crippen LogP contribution in [0.1, 0.15) is 40.5 Å². The van der Waals surface area contributed by atoms with Gasteiger partial charge in [0.05, 0.1) is 11.0 Å². The van der Waals surface area contributed by atoms with Gasteiger partial charge in [0.25, 0.3) is 0 Å². The van der Waals surface area contributed by atoms with Crippen LogP contribution < -0.4 is 10.6 Å². The van der Waals surface area contributed by atoms with Crippen molar-refractivity contribution in [3.8, 4) is 0 Å². The van der Waals surface area contributed by atoms with Crippen LogP contribution in [0.15, 0.2) is 24.3 Å². The van der Waals surface area contributed by atoms with Crippen LogP contribution in [0.5, 0.6) is 0 Å². The summed E-state index contributed by atoms with van der Waals surface area (Å²) in [5, 5.41) is 7.28. The Hall–Kier alpha value is -1.55. The van der Waals surface area contributed by atoms with Gasteiger partial charge in [0.2, 0.25) is 5.95 Å². The number of piperidine rings is 1. The van der Waals surface area contributed by atoms with E-state index in [1.165, 1.54) is 0 Å². The number of rotatable bonds is 2. The van der Waals surface area contributed by atoms with E-state index >= 15 is 0 Å². The topological polar surface area (TPSA) is 52.7 Å². The molecular weight excluding hydrogens is 248 g/mol. The first-order valence-corrected chi connectivity index (χ1v) is 7.34. The summed E-state index contributed by atoms with van der Waals surface area (Å²) in [5.74, 6) is 0.879. The number of aromatic amines is 1. The molecule has 108 valence electrons. The molecule has 0 amide bonds. The fourth-order valence-electron chi connectivity index (χ4n) is 3.64. The Morgan fingerprint density at radius 1 is 1.10 bits per heavy atom. The molecule has 2 aromatic rings. The molecular formula is C16H24N4. The third-order valence-corrected chi connectivity index (χ3v) is 3.92. The molecule has 1 aliphatic rings. The summed E-state index contributed by atoms with van der Waals surface area (Å²) < 4.78 is 0. The van der Waals surface area contributed by atoms with E-state index in [1.54, 1.807) is 0 Å². The van der Waals surface area contributed by atoms with Gasteiger partial charge in [-0.05, 0) is 52.7 Å². The zero-order chi connectivity index (χ0) is 14.4. The Balaban J connectivity index is 1.79. The van der Waals surface area contributed by atoms with Gasteiger partial charge < -0.3 is 15.6 Å². The highest BCUT2D eigenvalue weighted by Gasteiger charge is 2.37. The smallest absolute Gasteiger partial charge is 0.201 e. The molecule has 1 aromatic heterocycles. The van der Waals surface area contributed by atoms with Crippen molar-refractivity contribution < 1.29 is 0 Å². The van der Waals surface area contributed by atoms with Crippen molar-refractivity contribution in [2.24, 2.45) is 0 Å². The molecule has 0 atom stereocenters. The largest absolute Gasteiger partial charge is 0.353 e. The fourth-order valence-corrected chi connectivity index (χ4v) is 3.64. The number of imidazole rings is 1. The maximum Gasteiger partial charge on any atom is 0.201 e. The van der Waals surface area contributed by atoms with Crippen molar-refractivity contribution in [3.63, 3.8) is 0 Å². The standard InChI is InChI=1S/C16H24N4/c1-15(2)9-11(10-16(3,4)20-15)17-14-18-12-7-5-6-8-13(12)19-14/h5-8,11,20H,9-10H2,1-4H3,(H2,17,18,19). The van der Waals surface area contributed by atoms with Gasteiger partial charge in [-0.1, -0.05) is 12.1 Å². The number of H-pyrrole nitrogens is 1. The quantitative estimate of drug-likeness (QED) is 0.786. The lowest BCUT2D eigenvalue weighted by atomic mass is 9.80. The Labute approximate surface area is 120 Å². The van der Waals surface area contributed by atoms with Crippen LogP contribution in [0, 0.1) is 0 Å². The minimum Gasteiger partial charge on any atom is -0.353 e. The molecule has 1 aromatic carbocycles. The molecule has 4 nitrogen and oxygen atoms in total. The van der Waals surface area contributed by atoms with Crippen molar-refractivity contribution in [3.05, 3.63) is 24.3 Å². The number of para-hydroxylation sites is 2. The van der Waals surface area contributed by atoms with E-state index in [2.05, 4.69) is 54.4 Å². The number of fused-ring (bicyclic) bond motifs is 1. The van der Waals surface area contributed by atoms with Crippen LogP contribution in [0.4, 0.5) is 5.95 Å². The molecule has 0 saturated carbocycles. The van der Waals surface area contributed by atoms with Gasteiger partial charge in [0.1, 0.15) is 0 Å². The first-order valence-electron chi connectivity index (χ1n) is 7.34. The summed E-state index contributed by atoms with van der Waals surface area (Å²) in [7, 11) is 0. The lowest BCUT2D eigenvalue weighted by Crippen LogP contribution is -2.60. The minimum absolute atomic E-state index is 0.144. The predicted molar refractivity (Wildman–Crippen MR) is 84.0 cm³/mol. The molecule has 1 fully saturated rings. The minimum atomic E-state index is 0.144. The highest BCUT2D eigenvalue weighted by atomic mass is 15.2. The lowest BCUT2D eigenvalue weighted by Gasteiger charge is -2.46. The first-order chi connectivity index (χ1) is 9.33. The molecule has 20 heavy (non-hydrogen) atoms. The second kappa shape index (κ2) is 4.48. The second-order valence-electron chi connectivity index (χ2n) is 7.24. The third-order valence-electron chi connectivity index (χ3n) is 3.92. The molecule has 0 spiro atoms. The molecule has 3 N–H and O–H groups in total. The zero-order valence-corrected chi connectivity index (χ0v) is 12.7. The molecule has 2 heterocycles. The van der Waals surface area contributed by atoms with Crippen molar-refractivity contribution in [2.75, 3.05) is 5.32 Å². The Morgan fingerprint density at radius 3 is 2.40 bits per heavy atom. The van der Waals surface area contributed by atoms with Crippen molar-refractivity contribution in [1.29, 1.82) is 0 Å². The van der Waals surface area contributed by atoms with Crippen LogP contribution in [-0.2, 0) is 0 Å². The van der Waals surface area contributed by atoms with E-state index in [4.69, 9.17) is 0 Å². The number of nitrogens with zero attached hydrogens (tertiary/aromatic N) is 1.